The Morgan fingerprint density at radius 3 is 2.35 bits per heavy atom. The Balaban J connectivity index is 2.08. The molecule has 0 radical (unpaired) electrons. The molecule has 0 unspecified atom stereocenters. The average Bonchev–Trinajstić information content (AvgIpc) is 2.57. The molecule has 2 aromatic carbocycles. The van der Waals surface area contributed by atoms with E-state index < -0.39 is 28.8 Å². The van der Waals surface area contributed by atoms with E-state index in [1.54, 1.807) is 0 Å². The topological polar surface area (TPSA) is 38.3 Å². The third-order valence-corrected chi connectivity index (χ3v) is 4.05. The Bertz CT molecular complexity index is 748. The van der Waals surface area contributed by atoms with Crippen LogP contribution in [0.2, 0.25) is 5.02 Å². The zero-order valence-electron chi connectivity index (χ0n) is 14.3. The Morgan fingerprint density at radius 2 is 1.81 bits per heavy atom. The van der Waals surface area contributed by atoms with Crippen LogP contribution in [-0.2, 0) is 22.3 Å². The molecule has 2 rings (SSSR count). The first kappa shape index (κ1) is 20.1. The van der Waals surface area contributed by atoms with Gasteiger partial charge >= 0.3 is 12.1 Å². The molecule has 7 heteroatoms. The maximum atomic E-state index is 12.8. The Hall–Kier alpha value is -2.21. The molecule has 0 spiro atoms. The molecule has 2 aromatic rings. The van der Waals surface area contributed by atoms with Crippen molar-refractivity contribution in [2.24, 2.45) is 5.92 Å². The summed E-state index contributed by atoms with van der Waals surface area (Å²) in [6.07, 6.45) is -4.53. The van der Waals surface area contributed by atoms with Crippen LogP contribution in [0, 0.1) is 5.92 Å². The Labute approximate surface area is 155 Å². The van der Waals surface area contributed by atoms with Crippen molar-refractivity contribution >= 4 is 23.3 Å². The highest BCUT2D eigenvalue weighted by atomic mass is 35.5. The van der Waals surface area contributed by atoms with Gasteiger partial charge in [-0.25, -0.2) is 4.79 Å². The van der Waals surface area contributed by atoms with E-state index in [2.05, 4.69) is 5.32 Å². The maximum absolute atomic E-state index is 12.8. The summed E-state index contributed by atoms with van der Waals surface area (Å²) < 4.78 is 43.7. The number of carbonyl (C=O) groups excluding carboxylic acids is 1. The number of hydrogen-bond acceptors (Lipinski definition) is 3. The minimum absolute atomic E-state index is 0.123. The van der Waals surface area contributed by atoms with Gasteiger partial charge in [0.25, 0.3) is 0 Å². The van der Waals surface area contributed by atoms with Crippen LogP contribution in [0.25, 0.3) is 0 Å². The van der Waals surface area contributed by atoms with E-state index in [0.717, 1.165) is 17.7 Å². The molecule has 1 N–H and O–H groups in total. The van der Waals surface area contributed by atoms with Gasteiger partial charge in [-0.05, 0) is 29.7 Å². The summed E-state index contributed by atoms with van der Waals surface area (Å²) in [6, 6.07) is 11.8. The van der Waals surface area contributed by atoms with Crippen molar-refractivity contribution in [2.75, 3.05) is 5.32 Å². The van der Waals surface area contributed by atoms with Crippen LogP contribution in [0.1, 0.15) is 25.0 Å². The molecule has 140 valence electrons. The minimum Gasteiger partial charge on any atom is -0.459 e. The van der Waals surface area contributed by atoms with Gasteiger partial charge in [0.1, 0.15) is 12.6 Å². The minimum atomic E-state index is -4.53. The standard InChI is InChI=1S/C19H19ClF3NO2/c1-12(2)17(18(25)26-11-13-6-4-3-5-7-13)24-14-8-9-15(16(20)10-14)19(21,22)23/h3-10,12,17,24H,11H2,1-2H3/t17-/m0/s1. The van der Waals surface area contributed by atoms with E-state index in [1.165, 1.54) is 6.07 Å². The Morgan fingerprint density at radius 1 is 1.15 bits per heavy atom. The molecule has 0 aliphatic heterocycles. The summed E-state index contributed by atoms with van der Waals surface area (Å²) >= 11 is 5.72. The van der Waals surface area contributed by atoms with Crippen LogP contribution < -0.4 is 5.32 Å². The van der Waals surface area contributed by atoms with E-state index in [1.807, 2.05) is 44.2 Å². The number of rotatable bonds is 6. The normalized spacial score (nSPS) is 12.7. The number of halogens is 4. The summed E-state index contributed by atoms with van der Waals surface area (Å²) in [5, 5.41) is 2.48. The second-order valence-corrected chi connectivity index (χ2v) is 6.56. The first-order chi connectivity index (χ1) is 12.2. The molecule has 1 atom stereocenters. The fourth-order valence-electron chi connectivity index (χ4n) is 2.33. The smallest absolute Gasteiger partial charge is 0.417 e. The number of alkyl halides is 3. The van der Waals surface area contributed by atoms with E-state index in [9.17, 15) is 18.0 Å². The summed E-state index contributed by atoms with van der Waals surface area (Å²) in [4.78, 5) is 12.4. The number of nitrogens with one attached hydrogen (secondary N) is 1. The number of anilines is 1. The third kappa shape index (κ3) is 5.39. The van der Waals surface area contributed by atoms with Gasteiger partial charge < -0.3 is 10.1 Å². The van der Waals surface area contributed by atoms with Crippen LogP contribution in [-0.4, -0.2) is 12.0 Å². The van der Waals surface area contributed by atoms with Crippen molar-refractivity contribution in [2.45, 2.75) is 32.7 Å². The summed E-state index contributed by atoms with van der Waals surface area (Å²) in [5.74, 6) is -0.626. The number of benzene rings is 2. The van der Waals surface area contributed by atoms with Crippen LogP contribution in [0.5, 0.6) is 0 Å². The molecule has 0 aliphatic rings. The number of carbonyl (C=O) groups is 1. The second-order valence-electron chi connectivity index (χ2n) is 6.15. The maximum Gasteiger partial charge on any atom is 0.417 e. The SMILES string of the molecule is CC(C)[C@H](Nc1ccc(C(F)(F)F)c(Cl)c1)C(=O)OCc1ccccc1. The van der Waals surface area contributed by atoms with E-state index in [4.69, 9.17) is 16.3 Å². The summed E-state index contributed by atoms with van der Waals surface area (Å²) in [7, 11) is 0. The van der Waals surface area contributed by atoms with Gasteiger partial charge in [-0.1, -0.05) is 55.8 Å². The average molecular weight is 386 g/mol. The lowest BCUT2D eigenvalue weighted by atomic mass is 10.0. The molecule has 0 bridgehead atoms. The zero-order valence-corrected chi connectivity index (χ0v) is 15.1. The van der Waals surface area contributed by atoms with E-state index >= 15 is 0 Å². The summed E-state index contributed by atoms with van der Waals surface area (Å²) in [6.45, 7) is 3.75. The lowest BCUT2D eigenvalue weighted by Gasteiger charge is -2.22. The van der Waals surface area contributed by atoms with Crippen LogP contribution >= 0.6 is 11.6 Å². The van der Waals surface area contributed by atoms with Crippen molar-refractivity contribution in [1.82, 2.24) is 0 Å². The van der Waals surface area contributed by atoms with Gasteiger partial charge in [-0.3, -0.25) is 0 Å². The number of ether oxygens (including phenoxy) is 1. The predicted molar refractivity (Wildman–Crippen MR) is 94.9 cm³/mol. The van der Waals surface area contributed by atoms with Gasteiger partial charge in [0.15, 0.2) is 0 Å². The molecule has 0 aromatic heterocycles. The Kier molecular flexibility index (Phi) is 6.53. The monoisotopic (exact) mass is 385 g/mol. The molecular formula is C19H19ClF3NO2. The number of esters is 1. The van der Waals surface area contributed by atoms with E-state index in [-0.39, 0.29) is 12.5 Å². The van der Waals surface area contributed by atoms with Gasteiger partial charge in [-0.15, -0.1) is 0 Å². The molecule has 0 saturated heterocycles. The molecule has 3 nitrogen and oxygen atoms in total. The highest BCUT2D eigenvalue weighted by Crippen LogP contribution is 2.36. The first-order valence-electron chi connectivity index (χ1n) is 8.02. The summed E-state index contributed by atoms with van der Waals surface area (Å²) in [5.41, 5.74) is 0.247. The van der Waals surface area contributed by atoms with Gasteiger partial charge in [-0.2, -0.15) is 13.2 Å². The van der Waals surface area contributed by atoms with E-state index in [0.29, 0.717) is 5.69 Å². The molecule has 0 amide bonds. The second kappa shape index (κ2) is 8.45. The lowest BCUT2D eigenvalue weighted by Crippen LogP contribution is -2.36. The first-order valence-corrected chi connectivity index (χ1v) is 8.40. The molecular weight excluding hydrogens is 367 g/mol. The molecule has 26 heavy (non-hydrogen) atoms. The molecule has 0 heterocycles. The van der Waals surface area contributed by atoms with Gasteiger partial charge in [0.2, 0.25) is 0 Å². The lowest BCUT2D eigenvalue weighted by molar-refractivity contribution is -0.147. The van der Waals surface area contributed by atoms with Crippen molar-refractivity contribution in [3.63, 3.8) is 0 Å². The highest BCUT2D eigenvalue weighted by molar-refractivity contribution is 6.31. The van der Waals surface area contributed by atoms with Crippen LogP contribution in [0.3, 0.4) is 0 Å². The highest BCUT2D eigenvalue weighted by Gasteiger charge is 2.33. The zero-order chi connectivity index (χ0) is 19.3. The quantitative estimate of drug-likeness (QED) is 0.663. The largest absolute Gasteiger partial charge is 0.459 e. The predicted octanol–water partition coefficient (Wildman–Crippen LogP) is 5.54. The number of hydrogen-bond donors (Lipinski definition) is 1. The fraction of sp³-hybridized carbons (Fsp3) is 0.316. The van der Waals surface area contributed by atoms with Crippen molar-refractivity contribution < 1.29 is 22.7 Å². The fourth-order valence-corrected chi connectivity index (χ4v) is 2.62. The molecule has 0 saturated carbocycles. The van der Waals surface area contributed by atoms with Crippen molar-refractivity contribution in [1.29, 1.82) is 0 Å². The third-order valence-electron chi connectivity index (χ3n) is 3.74. The van der Waals surface area contributed by atoms with Crippen molar-refractivity contribution in [3.05, 3.63) is 64.7 Å². The molecule has 0 aliphatic carbocycles. The molecule has 0 fully saturated rings. The van der Waals surface area contributed by atoms with Crippen LogP contribution in [0.4, 0.5) is 18.9 Å². The van der Waals surface area contributed by atoms with Crippen LogP contribution in [0.15, 0.2) is 48.5 Å². The van der Waals surface area contributed by atoms with Gasteiger partial charge in [0, 0.05) is 5.69 Å². The van der Waals surface area contributed by atoms with Gasteiger partial charge in [0.05, 0.1) is 10.6 Å². The van der Waals surface area contributed by atoms with Crippen molar-refractivity contribution in [3.8, 4) is 0 Å².